The molecule has 1 unspecified atom stereocenters. The predicted octanol–water partition coefficient (Wildman–Crippen LogP) is 1.86. The van der Waals surface area contributed by atoms with Gasteiger partial charge in [-0.05, 0) is 37.0 Å². The second-order valence-electron chi connectivity index (χ2n) is 7.01. The molecular weight excluding hydrogens is 323 g/mol. The van der Waals surface area contributed by atoms with Gasteiger partial charge in [0.2, 0.25) is 11.8 Å². The first-order chi connectivity index (χ1) is 12.0. The predicted molar refractivity (Wildman–Crippen MR) is 91.4 cm³/mol. The molecule has 2 aliphatic heterocycles. The summed E-state index contributed by atoms with van der Waals surface area (Å²) in [6.07, 6.45) is 2.42. The molecule has 2 saturated heterocycles. The van der Waals surface area contributed by atoms with E-state index in [4.69, 9.17) is 4.74 Å². The number of aryl methyl sites for hydroxylation is 1. The van der Waals surface area contributed by atoms with E-state index in [9.17, 15) is 14.0 Å². The molecule has 0 radical (unpaired) electrons. The summed E-state index contributed by atoms with van der Waals surface area (Å²) in [5.41, 5.74) is 0.423. The van der Waals surface area contributed by atoms with Crippen molar-refractivity contribution in [1.82, 2.24) is 9.80 Å². The topological polar surface area (TPSA) is 49.9 Å². The Morgan fingerprint density at radius 1 is 1.32 bits per heavy atom. The fourth-order valence-corrected chi connectivity index (χ4v) is 3.87. The molecule has 25 heavy (non-hydrogen) atoms. The molecule has 136 valence electrons. The largest absolute Gasteiger partial charge is 0.383 e. The van der Waals surface area contributed by atoms with Crippen molar-refractivity contribution < 1.29 is 18.7 Å². The molecule has 0 aromatic heterocycles. The van der Waals surface area contributed by atoms with Crippen molar-refractivity contribution >= 4 is 11.8 Å². The van der Waals surface area contributed by atoms with Crippen LogP contribution in [0.1, 0.15) is 24.8 Å². The number of hydrogen-bond donors (Lipinski definition) is 0. The molecule has 0 bridgehead atoms. The number of benzene rings is 1. The normalized spacial score (nSPS) is 23.0. The Kier molecular flexibility index (Phi) is 5.37. The van der Waals surface area contributed by atoms with E-state index in [1.165, 1.54) is 12.1 Å². The standard InChI is InChI=1S/C19H25FN2O3/c1-25-12-11-21-9-7-19(18(21)24)8-10-22(14-19)17(23)6-5-15-3-2-4-16(20)13-15/h2-4,13H,5-12,14H2,1H3. The average molecular weight is 348 g/mol. The number of carbonyl (C=O) groups is 2. The molecule has 2 heterocycles. The molecule has 1 aromatic rings. The van der Waals surface area contributed by atoms with Gasteiger partial charge in [-0.1, -0.05) is 12.1 Å². The van der Waals surface area contributed by atoms with Gasteiger partial charge in [-0.25, -0.2) is 4.39 Å². The first-order valence-corrected chi connectivity index (χ1v) is 8.85. The van der Waals surface area contributed by atoms with Crippen molar-refractivity contribution in [2.24, 2.45) is 5.41 Å². The highest BCUT2D eigenvalue weighted by Gasteiger charge is 2.51. The van der Waals surface area contributed by atoms with Gasteiger partial charge in [0.25, 0.3) is 0 Å². The van der Waals surface area contributed by atoms with Crippen LogP contribution in [-0.2, 0) is 20.7 Å². The van der Waals surface area contributed by atoms with Gasteiger partial charge in [0, 0.05) is 39.7 Å². The third-order valence-corrected chi connectivity index (χ3v) is 5.39. The monoisotopic (exact) mass is 348 g/mol. The summed E-state index contributed by atoms with van der Waals surface area (Å²) in [5, 5.41) is 0. The second-order valence-corrected chi connectivity index (χ2v) is 7.01. The number of carbonyl (C=O) groups excluding carboxylic acids is 2. The molecule has 2 fully saturated rings. The van der Waals surface area contributed by atoms with Gasteiger partial charge in [0.05, 0.1) is 12.0 Å². The van der Waals surface area contributed by atoms with Crippen molar-refractivity contribution in [3.05, 3.63) is 35.6 Å². The Morgan fingerprint density at radius 2 is 2.12 bits per heavy atom. The highest BCUT2D eigenvalue weighted by molar-refractivity contribution is 5.87. The molecule has 1 atom stereocenters. The number of rotatable bonds is 6. The van der Waals surface area contributed by atoms with Crippen LogP contribution in [0.4, 0.5) is 4.39 Å². The Morgan fingerprint density at radius 3 is 2.88 bits per heavy atom. The Bertz CT molecular complexity index is 651. The highest BCUT2D eigenvalue weighted by Crippen LogP contribution is 2.40. The van der Waals surface area contributed by atoms with Crippen LogP contribution in [0, 0.1) is 11.2 Å². The van der Waals surface area contributed by atoms with Gasteiger partial charge in [-0.2, -0.15) is 0 Å². The lowest BCUT2D eigenvalue weighted by molar-refractivity contribution is -0.136. The van der Waals surface area contributed by atoms with Crippen molar-refractivity contribution in [3.63, 3.8) is 0 Å². The van der Waals surface area contributed by atoms with Crippen molar-refractivity contribution in [2.45, 2.75) is 25.7 Å². The number of halogens is 1. The number of methoxy groups -OCH3 is 1. The zero-order chi connectivity index (χ0) is 17.9. The van der Waals surface area contributed by atoms with Gasteiger partial charge in [0.1, 0.15) is 5.82 Å². The molecule has 1 spiro atoms. The summed E-state index contributed by atoms with van der Waals surface area (Å²) in [7, 11) is 1.63. The van der Waals surface area contributed by atoms with Gasteiger partial charge < -0.3 is 14.5 Å². The van der Waals surface area contributed by atoms with Gasteiger partial charge in [0.15, 0.2) is 0 Å². The summed E-state index contributed by atoms with van der Waals surface area (Å²) in [4.78, 5) is 28.9. The van der Waals surface area contributed by atoms with E-state index in [0.717, 1.165) is 24.9 Å². The summed E-state index contributed by atoms with van der Waals surface area (Å²) < 4.78 is 18.3. The maximum atomic E-state index is 13.2. The van der Waals surface area contributed by atoms with E-state index < -0.39 is 5.41 Å². The summed E-state index contributed by atoms with van der Waals surface area (Å²) in [6, 6.07) is 6.35. The molecule has 2 amide bonds. The fourth-order valence-electron chi connectivity index (χ4n) is 3.87. The fraction of sp³-hybridized carbons (Fsp3) is 0.579. The van der Waals surface area contributed by atoms with Gasteiger partial charge in [-0.3, -0.25) is 9.59 Å². The van der Waals surface area contributed by atoms with E-state index in [1.54, 1.807) is 18.1 Å². The van der Waals surface area contributed by atoms with E-state index in [2.05, 4.69) is 0 Å². The minimum atomic E-state index is -0.401. The Hall–Kier alpha value is -1.95. The number of likely N-dealkylation sites (tertiary alicyclic amines) is 2. The molecular formula is C19H25FN2O3. The van der Waals surface area contributed by atoms with Crippen LogP contribution in [0.15, 0.2) is 24.3 Å². The molecule has 2 aliphatic rings. The molecule has 0 aliphatic carbocycles. The van der Waals surface area contributed by atoms with Crippen LogP contribution < -0.4 is 0 Å². The molecule has 5 nitrogen and oxygen atoms in total. The highest BCUT2D eigenvalue weighted by atomic mass is 19.1. The summed E-state index contributed by atoms with van der Waals surface area (Å²) in [5.74, 6) is -0.0768. The number of ether oxygens (including phenoxy) is 1. The van der Waals surface area contributed by atoms with Crippen molar-refractivity contribution in [1.29, 1.82) is 0 Å². The first-order valence-electron chi connectivity index (χ1n) is 8.85. The number of amides is 2. The van der Waals surface area contributed by atoms with Crippen LogP contribution in [0.5, 0.6) is 0 Å². The Labute approximate surface area is 147 Å². The molecule has 0 saturated carbocycles. The Balaban J connectivity index is 1.54. The first kappa shape index (κ1) is 17.9. The van der Waals surface area contributed by atoms with Crippen molar-refractivity contribution in [3.8, 4) is 0 Å². The summed E-state index contributed by atoms with van der Waals surface area (Å²) >= 11 is 0. The maximum absolute atomic E-state index is 13.2. The lowest BCUT2D eigenvalue weighted by Gasteiger charge is -2.23. The molecule has 3 rings (SSSR count). The zero-order valence-corrected chi connectivity index (χ0v) is 14.7. The minimum absolute atomic E-state index is 0.0456. The lowest BCUT2D eigenvalue weighted by atomic mass is 9.85. The SMILES string of the molecule is COCCN1CCC2(CCN(C(=O)CCc3cccc(F)c3)C2)C1=O. The van der Waals surface area contributed by atoms with Crippen LogP contribution in [-0.4, -0.2) is 61.5 Å². The molecule has 6 heteroatoms. The zero-order valence-electron chi connectivity index (χ0n) is 14.7. The van der Waals surface area contributed by atoms with E-state index in [-0.39, 0.29) is 17.6 Å². The number of hydrogen-bond acceptors (Lipinski definition) is 3. The maximum Gasteiger partial charge on any atom is 0.230 e. The third-order valence-electron chi connectivity index (χ3n) is 5.39. The molecule has 1 aromatic carbocycles. The van der Waals surface area contributed by atoms with Crippen LogP contribution in [0.3, 0.4) is 0 Å². The van der Waals surface area contributed by atoms with Crippen molar-refractivity contribution in [2.75, 3.05) is 39.9 Å². The smallest absolute Gasteiger partial charge is 0.230 e. The third kappa shape index (κ3) is 3.84. The number of nitrogens with zero attached hydrogens (tertiary/aromatic N) is 2. The van der Waals surface area contributed by atoms with E-state index in [1.807, 2.05) is 11.0 Å². The van der Waals surface area contributed by atoms with E-state index in [0.29, 0.717) is 39.1 Å². The van der Waals surface area contributed by atoms with Crippen LogP contribution >= 0.6 is 0 Å². The van der Waals surface area contributed by atoms with Gasteiger partial charge in [-0.15, -0.1) is 0 Å². The minimum Gasteiger partial charge on any atom is -0.383 e. The van der Waals surface area contributed by atoms with Crippen LogP contribution in [0.2, 0.25) is 0 Å². The lowest BCUT2D eigenvalue weighted by Crippen LogP contribution is -2.39. The van der Waals surface area contributed by atoms with Gasteiger partial charge >= 0.3 is 0 Å². The molecule has 0 N–H and O–H groups in total. The average Bonchev–Trinajstić information content (AvgIpc) is 3.17. The van der Waals surface area contributed by atoms with Crippen LogP contribution in [0.25, 0.3) is 0 Å². The summed E-state index contributed by atoms with van der Waals surface area (Å²) in [6.45, 7) is 3.04. The van der Waals surface area contributed by atoms with E-state index >= 15 is 0 Å². The quantitative estimate of drug-likeness (QED) is 0.788. The second kappa shape index (κ2) is 7.52.